The van der Waals surface area contributed by atoms with E-state index in [2.05, 4.69) is 5.32 Å². The van der Waals surface area contributed by atoms with Gasteiger partial charge in [0.05, 0.1) is 5.41 Å². The van der Waals surface area contributed by atoms with Gasteiger partial charge in [0.25, 0.3) is 0 Å². The van der Waals surface area contributed by atoms with Gasteiger partial charge in [-0.2, -0.15) is 0 Å². The molecule has 2 N–H and O–H groups in total. The monoisotopic (exact) mass is 275 g/mol. The summed E-state index contributed by atoms with van der Waals surface area (Å²) in [6.07, 6.45) is 4.40. The zero-order valence-electron chi connectivity index (χ0n) is 11.6. The number of carboxylic acids is 1. The zero-order valence-corrected chi connectivity index (χ0v) is 11.6. The third-order valence-electron chi connectivity index (χ3n) is 3.86. The lowest BCUT2D eigenvalue weighted by Crippen LogP contribution is -2.35. The molecule has 4 heteroatoms. The van der Waals surface area contributed by atoms with Crippen molar-refractivity contribution in [2.24, 2.45) is 0 Å². The fraction of sp³-hybridized carbons (Fsp3) is 0.500. The molecule has 0 unspecified atom stereocenters. The first kappa shape index (κ1) is 14.6. The molecule has 1 saturated carbocycles. The van der Waals surface area contributed by atoms with E-state index in [0.29, 0.717) is 13.0 Å². The molecule has 1 aromatic rings. The normalized spacial score (nSPS) is 15.6. The van der Waals surface area contributed by atoms with Crippen LogP contribution in [0.3, 0.4) is 0 Å². The summed E-state index contributed by atoms with van der Waals surface area (Å²) in [6.45, 7) is 0.632. The first-order valence-corrected chi connectivity index (χ1v) is 7.21. The predicted molar refractivity (Wildman–Crippen MR) is 76.5 cm³/mol. The fourth-order valence-electron chi connectivity index (χ4n) is 2.48. The highest BCUT2D eigenvalue weighted by atomic mass is 16.4. The smallest absolute Gasteiger partial charge is 0.303 e. The molecule has 1 aliphatic rings. The van der Waals surface area contributed by atoms with Gasteiger partial charge in [-0.3, -0.25) is 9.59 Å². The summed E-state index contributed by atoms with van der Waals surface area (Å²) in [5, 5.41) is 11.5. The van der Waals surface area contributed by atoms with Gasteiger partial charge < -0.3 is 10.4 Å². The molecule has 1 amide bonds. The van der Waals surface area contributed by atoms with Crippen molar-refractivity contribution in [2.75, 3.05) is 6.54 Å². The van der Waals surface area contributed by atoms with Crippen LogP contribution in [0.2, 0.25) is 0 Å². The van der Waals surface area contributed by atoms with Crippen molar-refractivity contribution in [1.82, 2.24) is 5.32 Å². The van der Waals surface area contributed by atoms with E-state index in [4.69, 9.17) is 5.11 Å². The Balaban J connectivity index is 1.72. The van der Waals surface area contributed by atoms with Crippen LogP contribution in [0.5, 0.6) is 0 Å². The van der Waals surface area contributed by atoms with Crippen molar-refractivity contribution in [3.63, 3.8) is 0 Å². The molecule has 0 saturated heterocycles. The van der Waals surface area contributed by atoms with Crippen molar-refractivity contribution in [3.05, 3.63) is 35.9 Å². The Morgan fingerprint density at radius 1 is 1.10 bits per heavy atom. The number of unbranched alkanes of at least 4 members (excludes halogenated alkanes) is 2. The second kappa shape index (κ2) is 6.55. The number of nitrogens with one attached hydrogen (secondary N) is 1. The molecule has 108 valence electrons. The lowest BCUT2D eigenvalue weighted by molar-refractivity contribution is -0.137. The molecule has 0 heterocycles. The van der Waals surface area contributed by atoms with E-state index < -0.39 is 5.97 Å². The third kappa shape index (κ3) is 3.59. The molecule has 1 aromatic carbocycles. The quantitative estimate of drug-likeness (QED) is 0.716. The van der Waals surface area contributed by atoms with E-state index in [0.717, 1.165) is 31.2 Å². The molecule has 1 aliphatic carbocycles. The number of hydrogen-bond donors (Lipinski definition) is 2. The minimum Gasteiger partial charge on any atom is -0.481 e. The summed E-state index contributed by atoms with van der Waals surface area (Å²) >= 11 is 0. The Morgan fingerprint density at radius 3 is 2.40 bits per heavy atom. The van der Waals surface area contributed by atoms with Gasteiger partial charge in [-0.15, -0.1) is 0 Å². The van der Waals surface area contributed by atoms with E-state index in [1.54, 1.807) is 0 Å². The molecule has 20 heavy (non-hydrogen) atoms. The molecule has 0 aliphatic heterocycles. The number of carbonyl (C=O) groups excluding carboxylic acids is 1. The van der Waals surface area contributed by atoms with Crippen LogP contribution in [0.25, 0.3) is 0 Å². The van der Waals surface area contributed by atoms with Crippen LogP contribution < -0.4 is 5.32 Å². The number of amides is 1. The van der Waals surface area contributed by atoms with Crippen molar-refractivity contribution in [2.45, 2.75) is 43.9 Å². The number of hydrogen-bond acceptors (Lipinski definition) is 2. The van der Waals surface area contributed by atoms with Gasteiger partial charge in [-0.1, -0.05) is 36.8 Å². The Kier molecular flexibility index (Phi) is 4.77. The SMILES string of the molecule is O=C(O)CCCCCNC(=O)C1(c2ccccc2)CC1. The number of benzene rings is 1. The maximum absolute atomic E-state index is 12.3. The van der Waals surface area contributed by atoms with Crippen molar-refractivity contribution in [3.8, 4) is 0 Å². The summed E-state index contributed by atoms with van der Waals surface area (Å²) in [7, 11) is 0. The first-order chi connectivity index (χ1) is 9.65. The van der Waals surface area contributed by atoms with Crippen LogP contribution in [-0.2, 0) is 15.0 Å². The highest BCUT2D eigenvalue weighted by Gasteiger charge is 2.50. The standard InChI is InChI=1S/C16H21NO3/c18-14(19)9-5-2-6-12-17-15(20)16(10-11-16)13-7-3-1-4-8-13/h1,3-4,7-8H,2,5-6,9-12H2,(H,17,20)(H,18,19). The van der Waals surface area contributed by atoms with Crippen molar-refractivity contribution >= 4 is 11.9 Å². The third-order valence-corrected chi connectivity index (χ3v) is 3.86. The van der Waals surface area contributed by atoms with Crippen LogP contribution >= 0.6 is 0 Å². The predicted octanol–water partition coefficient (Wildman–Crippen LogP) is 2.48. The average molecular weight is 275 g/mol. The highest BCUT2D eigenvalue weighted by molar-refractivity contribution is 5.91. The van der Waals surface area contributed by atoms with Gasteiger partial charge in [0, 0.05) is 13.0 Å². The summed E-state index contributed by atoms with van der Waals surface area (Å²) in [6, 6.07) is 9.92. The molecule has 0 spiro atoms. The van der Waals surface area contributed by atoms with Crippen LogP contribution in [0.4, 0.5) is 0 Å². The van der Waals surface area contributed by atoms with Gasteiger partial charge in [0.15, 0.2) is 0 Å². The summed E-state index contributed by atoms with van der Waals surface area (Å²) < 4.78 is 0. The molecular weight excluding hydrogens is 254 g/mol. The lowest BCUT2D eigenvalue weighted by Gasteiger charge is -2.15. The highest BCUT2D eigenvalue weighted by Crippen LogP contribution is 2.48. The van der Waals surface area contributed by atoms with E-state index >= 15 is 0 Å². The van der Waals surface area contributed by atoms with Gasteiger partial charge in [-0.25, -0.2) is 0 Å². The van der Waals surface area contributed by atoms with Gasteiger partial charge >= 0.3 is 5.97 Å². The Labute approximate surface area is 119 Å². The Morgan fingerprint density at radius 2 is 1.80 bits per heavy atom. The average Bonchev–Trinajstić information content (AvgIpc) is 3.25. The largest absolute Gasteiger partial charge is 0.481 e. The van der Waals surface area contributed by atoms with Crippen LogP contribution in [-0.4, -0.2) is 23.5 Å². The van der Waals surface area contributed by atoms with E-state index in [1.807, 2.05) is 30.3 Å². The first-order valence-electron chi connectivity index (χ1n) is 7.21. The van der Waals surface area contributed by atoms with Gasteiger partial charge in [0.2, 0.25) is 5.91 Å². The van der Waals surface area contributed by atoms with Crippen LogP contribution in [0.15, 0.2) is 30.3 Å². The number of carbonyl (C=O) groups is 2. The van der Waals surface area contributed by atoms with E-state index in [1.165, 1.54) is 0 Å². The Hall–Kier alpha value is -1.84. The molecule has 0 radical (unpaired) electrons. The Bertz CT molecular complexity index is 466. The molecule has 4 nitrogen and oxygen atoms in total. The molecule has 2 rings (SSSR count). The molecule has 0 aromatic heterocycles. The summed E-state index contributed by atoms with van der Waals surface area (Å²) in [5.41, 5.74) is 0.797. The molecule has 1 fully saturated rings. The van der Waals surface area contributed by atoms with Crippen LogP contribution in [0.1, 0.15) is 44.1 Å². The maximum Gasteiger partial charge on any atom is 0.303 e. The second-order valence-electron chi connectivity index (χ2n) is 5.41. The van der Waals surface area contributed by atoms with Gasteiger partial charge in [0.1, 0.15) is 0 Å². The zero-order chi connectivity index (χ0) is 14.4. The molecule has 0 atom stereocenters. The second-order valence-corrected chi connectivity index (χ2v) is 5.41. The van der Waals surface area contributed by atoms with E-state index in [-0.39, 0.29) is 17.7 Å². The van der Waals surface area contributed by atoms with Gasteiger partial charge in [-0.05, 0) is 31.2 Å². The number of rotatable bonds is 8. The van der Waals surface area contributed by atoms with E-state index in [9.17, 15) is 9.59 Å². The molecular formula is C16H21NO3. The topological polar surface area (TPSA) is 66.4 Å². The van der Waals surface area contributed by atoms with Crippen molar-refractivity contribution in [1.29, 1.82) is 0 Å². The minimum atomic E-state index is -0.755. The minimum absolute atomic E-state index is 0.113. The molecule has 0 bridgehead atoms. The summed E-state index contributed by atoms with van der Waals surface area (Å²) in [5.74, 6) is -0.642. The number of aliphatic carboxylic acids is 1. The number of carboxylic acid groups (broad SMARTS) is 1. The van der Waals surface area contributed by atoms with Crippen molar-refractivity contribution < 1.29 is 14.7 Å². The van der Waals surface area contributed by atoms with Crippen LogP contribution in [0, 0.1) is 0 Å². The lowest BCUT2D eigenvalue weighted by atomic mass is 9.95. The summed E-state index contributed by atoms with van der Waals surface area (Å²) in [4.78, 5) is 22.6. The maximum atomic E-state index is 12.3. The fourth-order valence-corrected chi connectivity index (χ4v) is 2.48.